The molecule has 1 N–H and O–H groups in total. The smallest absolute Gasteiger partial charge is 0.280 e. The molecule has 0 saturated heterocycles. The van der Waals surface area contributed by atoms with Crippen molar-refractivity contribution in [1.82, 2.24) is 4.57 Å². The molecule has 5 rings (SSSR count). The molecular weight excluding hydrogens is 516 g/mol. The third-order valence-corrected chi connectivity index (χ3v) is 6.78. The third-order valence-electron chi connectivity index (χ3n) is 5.69. The maximum Gasteiger partial charge on any atom is 0.280 e. The van der Waals surface area contributed by atoms with E-state index in [1.54, 1.807) is 91.0 Å². The summed E-state index contributed by atoms with van der Waals surface area (Å²) >= 11 is 0.967. The van der Waals surface area contributed by atoms with Gasteiger partial charge in [-0.2, -0.15) is 5.26 Å². The quantitative estimate of drug-likeness (QED) is 0.257. The van der Waals surface area contributed by atoms with Gasteiger partial charge in [0.2, 0.25) is 0 Å². The zero-order valence-electron chi connectivity index (χ0n) is 20.1. The molecule has 3 aromatic carbocycles. The fraction of sp³-hybridized carbons (Fsp3) is 0. The van der Waals surface area contributed by atoms with E-state index < -0.39 is 16.4 Å². The predicted molar refractivity (Wildman–Crippen MR) is 148 cm³/mol. The zero-order chi connectivity index (χ0) is 27.4. The monoisotopic (exact) mass is 534 g/mol. The van der Waals surface area contributed by atoms with Crippen LogP contribution >= 0.6 is 11.3 Å². The molecule has 0 saturated carbocycles. The molecule has 2 aromatic heterocycles. The topological polar surface area (TPSA) is 131 Å². The van der Waals surface area contributed by atoms with Crippen molar-refractivity contribution in [2.45, 2.75) is 0 Å². The molecule has 0 aliphatic rings. The largest absolute Gasteiger partial charge is 0.456 e. The van der Waals surface area contributed by atoms with E-state index in [0.717, 1.165) is 11.3 Å². The summed E-state index contributed by atoms with van der Waals surface area (Å²) in [6.45, 7) is 0. The van der Waals surface area contributed by atoms with E-state index in [1.165, 1.54) is 16.7 Å². The Morgan fingerprint density at radius 1 is 0.974 bits per heavy atom. The average Bonchev–Trinajstić information content (AvgIpc) is 3.54. The van der Waals surface area contributed by atoms with Crippen LogP contribution in [0.5, 0.6) is 0 Å². The summed E-state index contributed by atoms with van der Waals surface area (Å²) < 4.78 is 7.50. The van der Waals surface area contributed by atoms with Gasteiger partial charge in [0.15, 0.2) is 5.57 Å². The molecule has 2 heterocycles. The number of nitrogens with zero attached hydrogens (tertiary/aromatic N) is 3. The Morgan fingerprint density at radius 2 is 1.64 bits per heavy atom. The number of amides is 1. The molecule has 5 aromatic rings. The molecule has 0 spiro atoms. The first kappa shape index (κ1) is 25.1. The highest BCUT2D eigenvalue weighted by molar-refractivity contribution is 7.07. The molecule has 0 atom stereocenters. The van der Waals surface area contributed by atoms with E-state index >= 15 is 0 Å². The van der Waals surface area contributed by atoms with Crippen LogP contribution in [0, 0.1) is 21.4 Å². The highest BCUT2D eigenvalue weighted by Crippen LogP contribution is 2.30. The first-order valence-corrected chi connectivity index (χ1v) is 12.4. The molecular formula is C29H18N4O5S. The molecule has 0 aliphatic heterocycles. The van der Waals surface area contributed by atoms with Crippen molar-refractivity contribution in [1.29, 1.82) is 5.26 Å². The average molecular weight is 535 g/mol. The van der Waals surface area contributed by atoms with Crippen LogP contribution in [-0.2, 0) is 4.79 Å². The molecule has 0 radical (unpaired) electrons. The number of aromatic nitrogens is 1. The van der Waals surface area contributed by atoms with Crippen LogP contribution in [0.15, 0.2) is 106 Å². The number of para-hydroxylation sites is 3. The summed E-state index contributed by atoms with van der Waals surface area (Å²) in [6, 6.07) is 28.7. The second kappa shape index (κ2) is 10.8. The van der Waals surface area contributed by atoms with Gasteiger partial charge in [-0.15, -0.1) is 11.3 Å². The molecule has 1 amide bonds. The Kier molecular flexibility index (Phi) is 6.98. The van der Waals surface area contributed by atoms with Crippen LogP contribution in [0.4, 0.5) is 11.4 Å². The van der Waals surface area contributed by atoms with Gasteiger partial charge in [-0.25, -0.2) is 0 Å². The van der Waals surface area contributed by atoms with Crippen molar-refractivity contribution in [2.24, 2.45) is 0 Å². The fourth-order valence-electron chi connectivity index (χ4n) is 3.92. The maximum absolute atomic E-state index is 13.6. The summed E-state index contributed by atoms with van der Waals surface area (Å²) in [6.07, 6.45) is 1.48. The van der Waals surface area contributed by atoms with Gasteiger partial charge >= 0.3 is 0 Å². The fourth-order valence-corrected chi connectivity index (χ4v) is 5.00. The van der Waals surface area contributed by atoms with Crippen LogP contribution in [0.3, 0.4) is 0 Å². The number of hydrogen-bond acceptors (Lipinski definition) is 7. The minimum absolute atomic E-state index is 0.110. The number of benzene rings is 3. The van der Waals surface area contributed by atoms with E-state index in [1.807, 2.05) is 6.07 Å². The zero-order valence-corrected chi connectivity index (χ0v) is 20.9. The lowest BCUT2D eigenvalue weighted by molar-refractivity contribution is -0.384. The predicted octanol–water partition coefficient (Wildman–Crippen LogP) is 4.21. The van der Waals surface area contributed by atoms with Gasteiger partial charge in [-0.3, -0.25) is 24.3 Å². The summed E-state index contributed by atoms with van der Waals surface area (Å²) in [5.41, 5.74) is 0.489. The van der Waals surface area contributed by atoms with E-state index in [2.05, 4.69) is 5.32 Å². The van der Waals surface area contributed by atoms with E-state index in [0.29, 0.717) is 16.9 Å². The summed E-state index contributed by atoms with van der Waals surface area (Å²) in [5, 5.41) is 24.1. The van der Waals surface area contributed by atoms with Gasteiger partial charge in [0.05, 0.1) is 20.7 Å². The van der Waals surface area contributed by atoms with Crippen LogP contribution in [0.1, 0.15) is 5.76 Å². The number of rotatable bonds is 6. The normalized spacial score (nSPS) is 12.0. The Hall–Kier alpha value is -5.53. The molecule has 190 valence electrons. The molecule has 0 aliphatic carbocycles. The van der Waals surface area contributed by atoms with Crippen molar-refractivity contribution >= 4 is 40.3 Å². The standard InChI is InChI=1S/C29H18N4O5S/c30-18-23(27(34)31-19-9-3-1-4-10-19)29-32(20-11-5-2-6-12-20)28(35)26(39-29)17-21-15-16-25(38-21)22-13-7-8-14-24(22)33(36)37/h1-17H,(H,31,34). The van der Waals surface area contributed by atoms with Crippen LogP contribution in [-0.4, -0.2) is 15.4 Å². The Balaban J connectivity index is 1.67. The van der Waals surface area contributed by atoms with Gasteiger partial charge in [-0.05, 0) is 42.5 Å². The van der Waals surface area contributed by atoms with Crippen molar-refractivity contribution in [3.05, 3.63) is 132 Å². The van der Waals surface area contributed by atoms with Crippen molar-refractivity contribution < 1.29 is 14.1 Å². The number of nitro groups is 1. The van der Waals surface area contributed by atoms with Crippen LogP contribution < -0.4 is 20.1 Å². The van der Waals surface area contributed by atoms with Gasteiger partial charge in [0.1, 0.15) is 22.3 Å². The highest BCUT2D eigenvalue weighted by atomic mass is 32.1. The molecule has 0 bridgehead atoms. The Morgan fingerprint density at radius 3 is 2.33 bits per heavy atom. The lowest BCUT2D eigenvalue weighted by Crippen LogP contribution is -2.32. The number of carbonyl (C=O) groups excluding carboxylic acids is 1. The summed E-state index contributed by atoms with van der Waals surface area (Å²) in [4.78, 5) is 37.6. The summed E-state index contributed by atoms with van der Waals surface area (Å²) in [5.74, 6) is -0.112. The number of nitriles is 1. The molecule has 0 fully saturated rings. The number of nitrogens with one attached hydrogen (secondary N) is 1. The maximum atomic E-state index is 13.6. The third kappa shape index (κ3) is 5.16. The first-order valence-electron chi connectivity index (χ1n) is 11.6. The highest BCUT2D eigenvalue weighted by Gasteiger charge is 2.19. The lowest BCUT2D eigenvalue weighted by atomic mass is 10.1. The van der Waals surface area contributed by atoms with Gasteiger partial charge in [0.25, 0.3) is 17.2 Å². The van der Waals surface area contributed by atoms with Gasteiger partial charge in [0, 0.05) is 17.8 Å². The van der Waals surface area contributed by atoms with E-state index in [4.69, 9.17) is 4.42 Å². The van der Waals surface area contributed by atoms with Gasteiger partial charge < -0.3 is 9.73 Å². The number of anilines is 1. The SMILES string of the molecule is N#CC(C(=O)Nc1ccccc1)=c1sc(=Cc2ccc(-c3ccccc3[N+](=O)[O-])o2)c(=O)n1-c1ccccc1. The molecule has 39 heavy (non-hydrogen) atoms. The lowest BCUT2D eigenvalue weighted by Gasteiger charge is -2.05. The van der Waals surface area contributed by atoms with Gasteiger partial charge in [-0.1, -0.05) is 48.5 Å². The first-order chi connectivity index (χ1) is 19.0. The van der Waals surface area contributed by atoms with Crippen LogP contribution in [0.2, 0.25) is 0 Å². The number of nitro benzene ring substituents is 1. The molecule has 9 nitrogen and oxygen atoms in total. The van der Waals surface area contributed by atoms with Crippen molar-refractivity contribution in [2.75, 3.05) is 5.32 Å². The Labute approximate surface area is 225 Å². The number of carbonyl (C=O) groups is 1. The number of thiazole rings is 1. The Bertz CT molecular complexity index is 1920. The second-order valence-corrected chi connectivity index (χ2v) is 9.21. The van der Waals surface area contributed by atoms with E-state index in [-0.39, 0.29) is 32.0 Å². The number of hydrogen-bond donors (Lipinski definition) is 1. The van der Waals surface area contributed by atoms with E-state index in [9.17, 15) is 25.0 Å². The minimum atomic E-state index is -0.655. The minimum Gasteiger partial charge on any atom is -0.456 e. The van der Waals surface area contributed by atoms with Crippen molar-refractivity contribution in [3.8, 4) is 23.1 Å². The van der Waals surface area contributed by atoms with Crippen molar-refractivity contribution in [3.63, 3.8) is 0 Å². The number of furan rings is 1. The second-order valence-electron chi connectivity index (χ2n) is 8.18. The molecule has 0 unspecified atom stereocenters. The van der Waals surface area contributed by atoms with Crippen LogP contribution in [0.25, 0.3) is 28.7 Å². The molecule has 10 heteroatoms. The summed E-state index contributed by atoms with van der Waals surface area (Å²) in [7, 11) is 0.